The van der Waals surface area contributed by atoms with Crippen LogP contribution in [0, 0.1) is 5.82 Å². The number of nitrogens with one attached hydrogen (secondary N) is 1. The van der Waals surface area contributed by atoms with Crippen molar-refractivity contribution >= 4 is 23.0 Å². The van der Waals surface area contributed by atoms with Crippen LogP contribution in [0.25, 0.3) is 11.3 Å². The molecule has 0 aliphatic carbocycles. The van der Waals surface area contributed by atoms with Crippen LogP contribution in [0.4, 0.5) is 10.1 Å². The standard InChI is InChI=1S/C24H18FN3OS/c25-17-9-11-18(12-10-17)28-23(22(27-24(28)30)19-8-4-5-15-26-19)21-14-13-20(29-21)16-6-2-1-3-7-16/h1-15,22-23H,(H,27,30)/t22-,23-/m1/s1. The van der Waals surface area contributed by atoms with Gasteiger partial charge < -0.3 is 14.6 Å². The van der Waals surface area contributed by atoms with Crippen molar-refractivity contribution in [1.82, 2.24) is 10.3 Å². The lowest BCUT2D eigenvalue weighted by Crippen LogP contribution is -2.29. The maximum atomic E-state index is 13.5. The van der Waals surface area contributed by atoms with Gasteiger partial charge in [-0.3, -0.25) is 4.98 Å². The second-order valence-electron chi connectivity index (χ2n) is 7.04. The third kappa shape index (κ3) is 3.35. The van der Waals surface area contributed by atoms with E-state index in [2.05, 4.69) is 10.3 Å². The molecule has 2 aromatic carbocycles. The fourth-order valence-corrected chi connectivity index (χ4v) is 4.14. The van der Waals surface area contributed by atoms with Gasteiger partial charge in [-0.2, -0.15) is 0 Å². The second kappa shape index (κ2) is 7.72. The lowest BCUT2D eigenvalue weighted by Gasteiger charge is -2.26. The van der Waals surface area contributed by atoms with Crippen molar-refractivity contribution in [2.45, 2.75) is 12.1 Å². The highest BCUT2D eigenvalue weighted by Gasteiger charge is 2.42. The van der Waals surface area contributed by atoms with Crippen molar-refractivity contribution < 1.29 is 8.81 Å². The molecule has 0 bridgehead atoms. The van der Waals surface area contributed by atoms with E-state index < -0.39 is 0 Å². The maximum Gasteiger partial charge on any atom is 0.174 e. The highest BCUT2D eigenvalue weighted by molar-refractivity contribution is 7.80. The monoisotopic (exact) mass is 415 g/mol. The minimum absolute atomic E-state index is 0.210. The summed E-state index contributed by atoms with van der Waals surface area (Å²) in [6, 6.07) is 25.5. The van der Waals surface area contributed by atoms with Gasteiger partial charge in [0, 0.05) is 17.4 Å². The van der Waals surface area contributed by atoms with Crippen LogP contribution in [0.1, 0.15) is 23.5 Å². The van der Waals surface area contributed by atoms with Gasteiger partial charge in [0.2, 0.25) is 0 Å². The Morgan fingerprint density at radius 2 is 1.67 bits per heavy atom. The Morgan fingerprint density at radius 3 is 2.40 bits per heavy atom. The molecule has 0 unspecified atom stereocenters. The summed E-state index contributed by atoms with van der Waals surface area (Å²) in [4.78, 5) is 6.49. The zero-order valence-electron chi connectivity index (χ0n) is 15.9. The molecule has 3 heterocycles. The Balaban J connectivity index is 1.60. The van der Waals surface area contributed by atoms with E-state index in [1.54, 1.807) is 18.3 Å². The number of rotatable bonds is 4. The van der Waals surface area contributed by atoms with Crippen molar-refractivity contribution in [1.29, 1.82) is 0 Å². The summed E-state index contributed by atoms with van der Waals surface area (Å²) in [5.41, 5.74) is 2.64. The van der Waals surface area contributed by atoms with Gasteiger partial charge in [0.25, 0.3) is 0 Å². The molecular weight excluding hydrogens is 397 g/mol. The maximum absolute atomic E-state index is 13.5. The van der Waals surface area contributed by atoms with Crippen molar-refractivity contribution in [3.05, 3.63) is 108 Å². The normalized spacial score (nSPS) is 18.4. The third-order valence-corrected chi connectivity index (χ3v) is 5.49. The molecule has 1 aliphatic rings. The first kappa shape index (κ1) is 18.5. The highest BCUT2D eigenvalue weighted by Crippen LogP contribution is 2.42. The summed E-state index contributed by atoms with van der Waals surface area (Å²) in [5, 5.41) is 3.91. The van der Waals surface area contributed by atoms with Gasteiger partial charge in [0.15, 0.2) is 5.11 Å². The molecule has 1 aliphatic heterocycles. The number of thiocarbonyl (C=S) groups is 1. The van der Waals surface area contributed by atoms with Crippen molar-refractivity contribution in [3.63, 3.8) is 0 Å². The first-order chi connectivity index (χ1) is 14.7. The minimum Gasteiger partial charge on any atom is -0.459 e. The molecule has 1 fully saturated rings. The van der Waals surface area contributed by atoms with Crippen LogP contribution in [0.15, 0.2) is 95.5 Å². The largest absolute Gasteiger partial charge is 0.459 e. The lowest BCUT2D eigenvalue weighted by atomic mass is 10.0. The van der Waals surface area contributed by atoms with E-state index in [0.717, 1.165) is 28.5 Å². The van der Waals surface area contributed by atoms with E-state index in [1.807, 2.05) is 65.6 Å². The SMILES string of the molecule is Fc1ccc(N2C(=S)N[C@H](c3ccccn3)[C@H]2c2ccc(-c3ccccc3)o2)cc1. The number of benzene rings is 2. The van der Waals surface area contributed by atoms with E-state index in [4.69, 9.17) is 16.6 Å². The molecule has 6 heteroatoms. The zero-order chi connectivity index (χ0) is 20.5. The highest BCUT2D eigenvalue weighted by atomic mass is 32.1. The van der Waals surface area contributed by atoms with Crippen molar-refractivity contribution in [2.75, 3.05) is 4.90 Å². The summed E-state index contributed by atoms with van der Waals surface area (Å²) in [6.45, 7) is 0. The van der Waals surface area contributed by atoms with Crippen LogP contribution in [-0.4, -0.2) is 10.1 Å². The van der Waals surface area contributed by atoms with Gasteiger partial charge in [0.1, 0.15) is 23.4 Å². The van der Waals surface area contributed by atoms with Crippen LogP contribution in [0.3, 0.4) is 0 Å². The number of halogens is 1. The number of anilines is 1. The quantitative estimate of drug-likeness (QED) is 0.436. The number of hydrogen-bond acceptors (Lipinski definition) is 3. The molecule has 0 saturated carbocycles. The van der Waals surface area contributed by atoms with Crippen LogP contribution in [0.2, 0.25) is 0 Å². The topological polar surface area (TPSA) is 41.3 Å². The fourth-order valence-electron chi connectivity index (χ4n) is 3.79. The average molecular weight is 415 g/mol. The first-order valence-electron chi connectivity index (χ1n) is 9.62. The van der Waals surface area contributed by atoms with E-state index in [-0.39, 0.29) is 17.9 Å². The van der Waals surface area contributed by atoms with E-state index in [9.17, 15) is 4.39 Å². The molecule has 0 radical (unpaired) electrons. The van der Waals surface area contributed by atoms with Crippen LogP contribution in [0.5, 0.6) is 0 Å². The third-order valence-electron chi connectivity index (χ3n) is 5.18. The molecule has 1 N–H and O–H groups in total. The molecule has 148 valence electrons. The predicted molar refractivity (Wildman–Crippen MR) is 118 cm³/mol. The molecule has 1 saturated heterocycles. The van der Waals surface area contributed by atoms with Gasteiger partial charge in [0.05, 0.1) is 11.7 Å². The van der Waals surface area contributed by atoms with Crippen molar-refractivity contribution in [2.24, 2.45) is 0 Å². The second-order valence-corrected chi connectivity index (χ2v) is 7.43. The molecule has 5 rings (SSSR count). The van der Waals surface area contributed by atoms with Crippen LogP contribution in [-0.2, 0) is 0 Å². The number of nitrogens with zero attached hydrogens (tertiary/aromatic N) is 2. The molecule has 4 aromatic rings. The number of hydrogen-bond donors (Lipinski definition) is 1. The Hall–Kier alpha value is -3.51. The van der Waals surface area contributed by atoms with Gasteiger partial charge in [-0.15, -0.1) is 0 Å². The predicted octanol–water partition coefficient (Wildman–Crippen LogP) is 5.66. The molecule has 30 heavy (non-hydrogen) atoms. The summed E-state index contributed by atoms with van der Waals surface area (Å²) < 4.78 is 19.8. The summed E-state index contributed by atoms with van der Waals surface area (Å²) in [7, 11) is 0. The fraction of sp³-hybridized carbons (Fsp3) is 0.0833. The lowest BCUT2D eigenvalue weighted by molar-refractivity contribution is 0.439. The molecule has 0 amide bonds. The Bertz CT molecular complexity index is 1160. The Labute approximate surface area is 179 Å². The van der Waals surface area contributed by atoms with Crippen molar-refractivity contribution in [3.8, 4) is 11.3 Å². The molecule has 2 atom stereocenters. The van der Waals surface area contributed by atoms with E-state index in [0.29, 0.717) is 5.11 Å². The summed E-state index contributed by atoms with van der Waals surface area (Å²) >= 11 is 5.66. The Morgan fingerprint density at radius 1 is 0.900 bits per heavy atom. The van der Waals surface area contributed by atoms with Gasteiger partial charge in [-0.05, 0) is 60.7 Å². The van der Waals surface area contributed by atoms with Gasteiger partial charge >= 0.3 is 0 Å². The minimum atomic E-state index is -0.293. The number of furan rings is 1. The number of aromatic nitrogens is 1. The van der Waals surface area contributed by atoms with Gasteiger partial charge in [-0.1, -0.05) is 36.4 Å². The van der Waals surface area contributed by atoms with Crippen LogP contribution < -0.4 is 10.2 Å². The van der Waals surface area contributed by atoms with Gasteiger partial charge in [-0.25, -0.2) is 4.39 Å². The smallest absolute Gasteiger partial charge is 0.174 e. The summed E-state index contributed by atoms with van der Waals surface area (Å²) in [6.07, 6.45) is 1.76. The summed E-state index contributed by atoms with van der Waals surface area (Å²) in [5.74, 6) is 1.24. The Kier molecular flexibility index (Phi) is 4.77. The molecule has 0 spiro atoms. The first-order valence-corrected chi connectivity index (χ1v) is 10.0. The molecular formula is C24H18FN3OS. The van der Waals surface area contributed by atoms with E-state index >= 15 is 0 Å². The molecule has 4 nitrogen and oxygen atoms in total. The average Bonchev–Trinajstić information content (AvgIpc) is 3.40. The van der Waals surface area contributed by atoms with Crippen LogP contribution >= 0.6 is 12.2 Å². The van der Waals surface area contributed by atoms with E-state index in [1.165, 1.54) is 12.1 Å². The number of pyridine rings is 1. The molecule has 2 aromatic heterocycles. The zero-order valence-corrected chi connectivity index (χ0v) is 16.7.